The Morgan fingerprint density at radius 2 is 1.75 bits per heavy atom. The molecule has 6 nitrogen and oxygen atoms in total. The number of Topliss-reactive ketones (excluding diaryl/α,β-unsaturated/α-hetero) is 2. The van der Waals surface area contributed by atoms with Crippen molar-refractivity contribution in [3.63, 3.8) is 0 Å². The lowest BCUT2D eigenvalue weighted by Crippen LogP contribution is -2.31. The zero-order chi connectivity index (χ0) is 11.7. The highest BCUT2D eigenvalue weighted by Gasteiger charge is 2.33. The molecular weight excluding hydrogens is 212 g/mol. The topological polar surface area (TPSA) is 95.8 Å². The molecule has 0 saturated carbocycles. The molecule has 2 N–H and O–H groups in total. The Bertz CT molecular complexity index is 533. The number of carbonyl (C=O) groups excluding carboxylic acids is 3. The van der Waals surface area contributed by atoms with Gasteiger partial charge < -0.3 is 10.5 Å². The number of hydrogen-bond acceptors (Lipinski definition) is 5. The lowest BCUT2D eigenvalue weighted by Gasteiger charge is -2.02. The molecule has 0 unspecified atom stereocenters. The lowest BCUT2D eigenvalue weighted by molar-refractivity contribution is -0.113. The van der Waals surface area contributed by atoms with Gasteiger partial charge in [0.15, 0.2) is 0 Å². The molecule has 0 radical (unpaired) electrons. The Labute approximate surface area is 89.6 Å². The van der Waals surface area contributed by atoms with Crippen molar-refractivity contribution in [2.45, 2.75) is 0 Å². The van der Waals surface area contributed by atoms with Crippen LogP contribution in [0.1, 0.15) is 10.4 Å². The number of rotatable bonds is 0. The SMILES string of the molecule is O=C1Nc2ccccc2C(=O)C(=O)C1=NO. The Kier molecular flexibility index (Phi) is 2.24. The summed E-state index contributed by atoms with van der Waals surface area (Å²) in [7, 11) is 0. The van der Waals surface area contributed by atoms with Gasteiger partial charge in [0, 0.05) is 5.56 Å². The minimum absolute atomic E-state index is 0.0829. The second-order valence-corrected chi connectivity index (χ2v) is 3.11. The van der Waals surface area contributed by atoms with Gasteiger partial charge in [-0.25, -0.2) is 0 Å². The Morgan fingerprint density at radius 3 is 2.44 bits per heavy atom. The van der Waals surface area contributed by atoms with E-state index >= 15 is 0 Å². The number of para-hydroxylation sites is 1. The predicted molar refractivity (Wildman–Crippen MR) is 53.6 cm³/mol. The van der Waals surface area contributed by atoms with Crippen LogP contribution in [-0.2, 0) is 9.59 Å². The standard InChI is InChI=1S/C10H6N2O4/c13-8-5-3-1-2-4-6(5)11-10(15)7(12-16)9(8)14/h1-4,16H,(H,11,15). The van der Waals surface area contributed by atoms with Crippen molar-refractivity contribution in [2.75, 3.05) is 5.32 Å². The fourth-order valence-electron chi connectivity index (χ4n) is 1.40. The van der Waals surface area contributed by atoms with E-state index in [0.717, 1.165) is 0 Å². The van der Waals surface area contributed by atoms with Gasteiger partial charge in [-0.2, -0.15) is 0 Å². The van der Waals surface area contributed by atoms with Gasteiger partial charge in [0.25, 0.3) is 11.7 Å². The number of benzene rings is 1. The summed E-state index contributed by atoms with van der Waals surface area (Å²) in [4.78, 5) is 34.5. The van der Waals surface area contributed by atoms with Crippen LogP contribution in [0.3, 0.4) is 0 Å². The van der Waals surface area contributed by atoms with Crippen LogP contribution in [0.5, 0.6) is 0 Å². The molecule has 0 aliphatic carbocycles. The van der Waals surface area contributed by atoms with Crippen LogP contribution >= 0.6 is 0 Å². The summed E-state index contributed by atoms with van der Waals surface area (Å²) in [5.74, 6) is -2.89. The second-order valence-electron chi connectivity index (χ2n) is 3.11. The average Bonchev–Trinajstić information content (AvgIpc) is 2.37. The summed E-state index contributed by atoms with van der Waals surface area (Å²) in [5.41, 5.74) is -0.495. The molecule has 0 fully saturated rings. The van der Waals surface area contributed by atoms with Gasteiger partial charge in [0.05, 0.1) is 5.69 Å². The van der Waals surface area contributed by atoms with E-state index < -0.39 is 23.2 Å². The van der Waals surface area contributed by atoms with Crippen LogP contribution in [0, 0.1) is 0 Å². The van der Waals surface area contributed by atoms with E-state index in [4.69, 9.17) is 5.21 Å². The third-order valence-electron chi connectivity index (χ3n) is 2.16. The maximum absolute atomic E-state index is 11.6. The minimum atomic E-state index is -1.12. The molecule has 1 aliphatic rings. The third-order valence-corrected chi connectivity index (χ3v) is 2.16. The van der Waals surface area contributed by atoms with Crippen molar-refractivity contribution in [1.82, 2.24) is 0 Å². The minimum Gasteiger partial charge on any atom is -0.410 e. The van der Waals surface area contributed by atoms with E-state index in [0.29, 0.717) is 0 Å². The molecule has 0 aromatic heterocycles. The van der Waals surface area contributed by atoms with Crippen molar-refractivity contribution in [2.24, 2.45) is 5.16 Å². The first-order valence-corrected chi connectivity index (χ1v) is 4.36. The van der Waals surface area contributed by atoms with E-state index in [9.17, 15) is 14.4 Å². The first kappa shape index (κ1) is 10.0. The fourth-order valence-corrected chi connectivity index (χ4v) is 1.40. The van der Waals surface area contributed by atoms with Crippen LogP contribution in [0.2, 0.25) is 0 Å². The van der Waals surface area contributed by atoms with Gasteiger partial charge in [0.1, 0.15) is 0 Å². The first-order chi connectivity index (χ1) is 7.65. The van der Waals surface area contributed by atoms with E-state index in [1.165, 1.54) is 12.1 Å². The highest BCUT2D eigenvalue weighted by atomic mass is 16.4. The van der Waals surface area contributed by atoms with Gasteiger partial charge in [-0.3, -0.25) is 14.4 Å². The number of ketones is 2. The number of carbonyl (C=O) groups is 3. The molecule has 1 aliphatic heterocycles. The van der Waals surface area contributed by atoms with Crippen molar-refractivity contribution >= 4 is 28.9 Å². The summed E-state index contributed by atoms with van der Waals surface area (Å²) in [6.07, 6.45) is 0. The lowest BCUT2D eigenvalue weighted by atomic mass is 10.0. The number of nitrogens with one attached hydrogen (secondary N) is 1. The van der Waals surface area contributed by atoms with Crippen molar-refractivity contribution < 1.29 is 19.6 Å². The molecule has 1 aromatic rings. The monoisotopic (exact) mass is 218 g/mol. The maximum atomic E-state index is 11.6. The van der Waals surface area contributed by atoms with E-state index in [1.807, 2.05) is 0 Å². The molecule has 0 bridgehead atoms. The summed E-state index contributed by atoms with van der Waals surface area (Å²) < 4.78 is 0. The summed E-state index contributed by atoms with van der Waals surface area (Å²) in [6, 6.07) is 6.07. The normalized spacial score (nSPS) is 18.0. The molecule has 2 rings (SSSR count). The average molecular weight is 218 g/mol. The number of anilines is 1. The third kappa shape index (κ3) is 1.36. The number of amides is 1. The molecule has 0 atom stereocenters. The van der Waals surface area contributed by atoms with E-state index in [2.05, 4.69) is 10.5 Å². The van der Waals surface area contributed by atoms with Gasteiger partial charge in [-0.15, -0.1) is 0 Å². The highest BCUT2D eigenvalue weighted by molar-refractivity contribution is 6.83. The number of hydrogen-bond donors (Lipinski definition) is 2. The zero-order valence-electron chi connectivity index (χ0n) is 7.93. The Hall–Kier alpha value is -2.50. The fraction of sp³-hybridized carbons (Fsp3) is 0. The number of nitrogens with zero attached hydrogens (tertiary/aromatic N) is 1. The smallest absolute Gasteiger partial charge is 0.281 e. The zero-order valence-corrected chi connectivity index (χ0v) is 7.93. The first-order valence-electron chi connectivity index (χ1n) is 4.36. The molecule has 0 saturated heterocycles. The molecule has 1 amide bonds. The number of oxime groups is 1. The van der Waals surface area contributed by atoms with Crippen LogP contribution < -0.4 is 5.32 Å². The van der Waals surface area contributed by atoms with Gasteiger partial charge >= 0.3 is 0 Å². The predicted octanol–water partition coefficient (Wildman–Crippen LogP) is 0.221. The number of fused-ring (bicyclic) bond motifs is 1. The van der Waals surface area contributed by atoms with E-state index in [-0.39, 0.29) is 11.3 Å². The van der Waals surface area contributed by atoms with Crippen LogP contribution in [0.25, 0.3) is 0 Å². The molecule has 16 heavy (non-hydrogen) atoms. The van der Waals surface area contributed by atoms with Crippen LogP contribution in [-0.4, -0.2) is 28.4 Å². The summed E-state index contributed by atoms with van der Waals surface area (Å²) >= 11 is 0. The largest absolute Gasteiger partial charge is 0.410 e. The molecular formula is C10H6N2O4. The summed E-state index contributed by atoms with van der Waals surface area (Å²) in [6.45, 7) is 0. The van der Waals surface area contributed by atoms with Crippen molar-refractivity contribution in [3.05, 3.63) is 29.8 Å². The van der Waals surface area contributed by atoms with E-state index in [1.54, 1.807) is 12.1 Å². The maximum Gasteiger partial charge on any atom is 0.281 e. The molecule has 6 heteroatoms. The molecule has 80 valence electrons. The quantitative estimate of drug-likeness (QED) is 0.370. The van der Waals surface area contributed by atoms with Crippen molar-refractivity contribution in [3.8, 4) is 0 Å². The molecule has 1 aromatic carbocycles. The van der Waals surface area contributed by atoms with Gasteiger partial charge in [-0.05, 0) is 12.1 Å². The Balaban J connectivity index is 2.63. The molecule has 1 heterocycles. The van der Waals surface area contributed by atoms with Gasteiger partial charge in [0.2, 0.25) is 11.5 Å². The summed E-state index contributed by atoms with van der Waals surface area (Å²) in [5, 5.41) is 13.4. The van der Waals surface area contributed by atoms with Gasteiger partial charge in [-0.1, -0.05) is 17.3 Å². The van der Waals surface area contributed by atoms with Crippen molar-refractivity contribution in [1.29, 1.82) is 0 Å². The van der Waals surface area contributed by atoms with Crippen LogP contribution in [0.15, 0.2) is 29.4 Å². The van der Waals surface area contributed by atoms with Crippen LogP contribution in [0.4, 0.5) is 5.69 Å². The molecule has 0 spiro atoms. The second kappa shape index (κ2) is 3.58. The Morgan fingerprint density at radius 1 is 1.06 bits per heavy atom. The highest BCUT2D eigenvalue weighted by Crippen LogP contribution is 2.19.